The zero-order chi connectivity index (χ0) is 8.55. The molecule has 1 heteroatoms. The predicted octanol–water partition coefficient (Wildman–Crippen LogP) is 2.83. The Morgan fingerprint density at radius 3 is 3.17 bits per heavy atom. The van der Waals surface area contributed by atoms with Crippen molar-refractivity contribution in [2.45, 2.75) is 39.0 Å². The van der Waals surface area contributed by atoms with E-state index in [0.29, 0.717) is 0 Å². The van der Waals surface area contributed by atoms with Crippen molar-refractivity contribution in [1.29, 1.82) is 0 Å². The molecule has 2 rings (SSSR count). The van der Waals surface area contributed by atoms with Crippen LogP contribution in [0.1, 0.15) is 42.5 Å². The van der Waals surface area contributed by atoms with Crippen LogP contribution in [0.4, 0.5) is 0 Å². The molecular weight excluding hydrogens is 146 g/mol. The van der Waals surface area contributed by atoms with Gasteiger partial charge < -0.3 is 0 Å². The monoisotopic (exact) mass is 161 g/mol. The standard InChI is InChI=1S/C11H15N/c1-8-6-10-9(2)4-3-5-11(10)12-7-8/h6-7,9H,3-5H2,1-2H3. The summed E-state index contributed by atoms with van der Waals surface area (Å²) in [5, 5.41) is 0. The lowest BCUT2D eigenvalue weighted by molar-refractivity contribution is 0.578. The van der Waals surface area contributed by atoms with Gasteiger partial charge in [-0.25, -0.2) is 0 Å². The van der Waals surface area contributed by atoms with E-state index in [4.69, 9.17) is 0 Å². The van der Waals surface area contributed by atoms with Gasteiger partial charge in [0, 0.05) is 11.9 Å². The average molecular weight is 161 g/mol. The van der Waals surface area contributed by atoms with E-state index in [1.54, 1.807) is 0 Å². The first-order valence-corrected chi connectivity index (χ1v) is 4.73. The number of hydrogen-bond donors (Lipinski definition) is 0. The molecule has 0 radical (unpaired) electrons. The van der Waals surface area contributed by atoms with Crippen LogP contribution in [0.15, 0.2) is 12.3 Å². The summed E-state index contributed by atoms with van der Waals surface area (Å²) in [7, 11) is 0. The van der Waals surface area contributed by atoms with Crippen LogP contribution in [0.2, 0.25) is 0 Å². The molecule has 64 valence electrons. The summed E-state index contributed by atoms with van der Waals surface area (Å²) in [5.74, 6) is 0.723. The van der Waals surface area contributed by atoms with Gasteiger partial charge in [0.25, 0.3) is 0 Å². The topological polar surface area (TPSA) is 12.9 Å². The first-order chi connectivity index (χ1) is 5.77. The molecule has 0 N–H and O–H groups in total. The summed E-state index contributed by atoms with van der Waals surface area (Å²) in [4.78, 5) is 4.47. The van der Waals surface area contributed by atoms with Crippen molar-refractivity contribution in [3.05, 3.63) is 29.1 Å². The Kier molecular flexibility index (Phi) is 1.87. The van der Waals surface area contributed by atoms with Crippen LogP contribution < -0.4 is 0 Å². The molecule has 0 bridgehead atoms. The minimum atomic E-state index is 0.723. The molecule has 1 unspecified atom stereocenters. The molecule has 1 aliphatic rings. The van der Waals surface area contributed by atoms with Gasteiger partial charge in [0.15, 0.2) is 0 Å². The number of hydrogen-bond acceptors (Lipinski definition) is 1. The third-order valence-electron chi connectivity index (χ3n) is 2.72. The van der Waals surface area contributed by atoms with Gasteiger partial charge in [0.1, 0.15) is 0 Å². The van der Waals surface area contributed by atoms with Crippen molar-refractivity contribution in [1.82, 2.24) is 4.98 Å². The number of aromatic nitrogens is 1. The van der Waals surface area contributed by atoms with Gasteiger partial charge in [0.2, 0.25) is 0 Å². The number of fused-ring (bicyclic) bond motifs is 1. The zero-order valence-corrected chi connectivity index (χ0v) is 7.80. The van der Waals surface area contributed by atoms with Gasteiger partial charge in [-0.3, -0.25) is 4.98 Å². The zero-order valence-electron chi connectivity index (χ0n) is 7.80. The third-order valence-corrected chi connectivity index (χ3v) is 2.72. The van der Waals surface area contributed by atoms with Crippen LogP contribution in [0, 0.1) is 6.92 Å². The average Bonchev–Trinajstić information content (AvgIpc) is 2.07. The molecule has 0 spiro atoms. The first-order valence-electron chi connectivity index (χ1n) is 4.73. The van der Waals surface area contributed by atoms with E-state index in [9.17, 15) is 0 Å². The Morgan fingerprint density at radius 2 is 2.33 bits per heavy atom. The quantitative estimate of drug-likeness (QED) is 0.570. The minimum Gasteiger partial charge on any atom is -0.261 e. The first kappa shape index (κ1) is 7.78. The van der Waals surface area contributed by atoms with Crippen LogP contribution in [-0.2, 0) is 6.42 Å². The second kappa shape index (κ2) is 2.89. The lowest BCUT2D eigenvalue weighted by atomic mass is 9.86. The second-order valence-electron chi connectivity index (χ2n) is 3.84. The minimum absolute atomic E-state index is 0.723. The van der Waals surface area contributed by atoms with E-state index in [0.717, 1.165) is 5.92 Å². The van der Waals surface area contributed by atoms with Crippen molar-refractivity contribution in [3.63, 3.8) is 0 Å². The highest BCUT2D eigenvalue weighted by Gasteiger charge is 2.16. The highest BCUT2D eigenvalue weighted by molar-refractivity contribution is 5.29. The number of pyridine rings is 1. The predicted molar refractivity (Wildman–Crippen MR) is 50.3 cm³/mol. The summed E-state index contributed by atoms with van der Waals surface area (Å²) in [6.45, 7) is 4.42. The number of nitrogens with zero attached hydrogens (tertiary/aromatic N) is 1. The lowest BCUT2D eigenvalue weighted by Gasteiger charge is -2.21. The van der Waals surface area contributed by atoms with Gasteiger partial charge in [-0.2, -0.15) is 0 Å². The van der Waals surface area contributed by atoms with E-state index in [1.165, 1.54) is 36.1 Å². The van der Waals surface area contributed by atoms with Gasteiger partial charge in [0.05, 0.1) is 0 Å². The molecule has 1 atom stereocenters. The number of rotatable bonds is 0. The Balaban J connectivity index is 2.47. The van der Waals surface area contributed by atoms with Gasteiger partial charge in [-0.1, -0.05) is 13.0 Å². The Labute approximate surface area is 73.8 Å². The maximum absolute atomic E-state index is 4.47. The Bertz CT molecular complexity index is 291. The molecule has 12 heavy (non-hydrogen) atoms. The van der Waals surface area contributed by atoms with Crippen LogP contribution in [-0.4, -0.2) is 4.98 Å². The molecule has 1 aliphatic carbocycles. The fraction of sp³-hybridized carbons (Fsp3) is 0.545. The largest absolute Gasteiger partial charge is 0.261 e. The van der Waals surface area contributed by atoms with E-state index >= 15 is 0 Å². The van der Waals surface area contributed by atoms with Crippen LogP contribution in [0.25, 0.3) is 0 Å². The second-order valence-corrected chi connectivity index (χ2v) is 3.84. The van der Waals surface area contributed by atoms with Gasteiger partial charge >= 0.3 is 0 Å². The third kappa shape index (κ3) is 1.24. The van der Waals surface area contributed by atoms with Crippen molar-refractivity contribution in [2.24, 2.45) is 0 Å². The fourth-order valence-corrected chi connectivity index (χ4v) is 1.99. The van der Waals surface area contributed by atoms with Gasteiger partial charge in [-0.05, 0) is 43.2 Å². The summed E-state index contributed by atoms with van der Waals surface area (Å²) in [6.07, 6.45) is 5.80. The smallest absolute Gasteiger partial charge is 0.0438 e. The molecule has 0 aliphatic heterocycles. The van der Waals surface area contributed by atoms with E-state index in [2.05, 4.69) is 24.9 Å². The SMILES string of the molecule is Cc1cnc2c(c1)C(C)CCC2. The van der Waals surface area contributed by atoms with Crippen molar-refractivity contribution in [3.8, 4) is 0 Å². The molecule has 1 aromatic rings. The molecule has 0 saturated carbocycles. The van der Waals surface area contributed by atoms with Crippen LogP contribution in [0.3, 0.4) is 0 Å². The van der Waals surface area contributed by atoms with E-state index < -0.39 is 0 Å². The molecule has 0 amide bonds. The van der Waals surface area contributed by atoms with E-state index in [1.807, 2.05) is 6.20 Å². The maximum atomic E-state index is 4.47. The highest BCUT2D eigenvalue weighted by atomic mass is 14.7. The summed E-state index contributed by atoms with van der Waals surface area (Å²) in [5.41, 5.74) is 4.11. The summed E-state index contributed by atoms with van der Waals surface area (Å²) < 4.78 is 0. The molecule has 1 aromatic heterocycles. The van der Waals surface area contributed by atoms with E-state index in [-0.39, 0.29) is 0 Å². The van der Waals surface area contributed by atoms with Crippen molar-refractivity contribution >= 4 is 0 Å². The fourth-order valence-electron chi connectivity index (χ4n) is 1.99. The van der Waals surface area contributed by atoms with Crippen LogP contribution >= 0.6 is 0 Å². The number of aryl methyl sites for hydroxylation is 2. The summed E-state index contributed by atoms with van der Waals surface area (Å²) in [6, 6.07) is 2.30. The lowest BCUT2D eigenvalue weighted by Crippen LogP contribution is -2.09. The van der Waals surface area contributed by atoms with Gasteiger partial charge in [-0.15, -0.1) is 0 Å². The molecule has 1 nitrogen and oxygen atoms in total. The Morgan fingerprint density at radius 1 is 1.50 bits per heavy atom. The molecule has 0 fully saturated rings. The molecule has 1 heterocycles. The normalized spacial score (nSPS) is 22.0. The molecule has 0 saturated heterocycles. The molecule has 0 aromatic carbocycles. The summed E-state index contributed by atoms with van der Waals surface area (Å²) >= 11 is 0. The molecular formula is C11H15N. The maximum Gasteiger partial charge on any atom is 0.0438 e. The van der Waals surface area contributed by atoms with Crippen LogP contribution in [0.5, 0.6) is 0 Å². The van der Waals surface area contributed by atoms with Crippen molar-refractivity contribution < 1.29 is 0 Å². The van der Waals surface area contributed by atoms with Crippen molar-refractivity contribution in [2.75, 3.05) is 0 Å². The highest BCUT2D eigenvalue weighted by Crippen LogP contribution is 2.29. The Hall–Kier alpha value is -0.850.